The number of aromatic nitrogens is 2. The van der Waals surface area contributed by atoms with Crippen LogP contribution < -0.4 is 10.5 Å². The largest absolute Gasteiger partial charge is 0.485 e. The van der Waals surface area contributed by atoms with Gasteiger partial charge in [-0.25, -0.2) is 17.7 Å². The van der Waals surface area contributed by atoms with Crippen molar-refractivity contribution < 1.29 is 17.9 Å². The van der Waals surface area contributed by atoms with E-state index in [2.05, 4.69) is 4.98 Å². The number of carbonyl (C=O) groups excluding carboxylic acids is 1. The quantitative estimate of drug-likeness (QED) is 0.567. The van der Waals surface area contributed by atoms with Crippen LogP contribution >= 0.6 is 11.6 Å². The molecular weight excluding hydrogens is 428 g/mol. The molecule has 0 unspecified atom stereocenters. The number of rotatable bonds is 8. The highest BCUT2D eigenvalue weighted by molar-refractivity contribution is 7.89. The topological polar surface area (TPSA) is 108 Å². The first kappa shape index (κ1) is 22.1. The lowest BCUT2D eigenvalue weighted by Crippen LogP contribution is -2.22. The van der Waals surface area contributed by atoms with Crippen molar-refractivity contribution in [1.82, 2.24) is 13.9 Å². The third-order valence-corrected chi connectivity index (χ3v) is 6.63. The van der Waals surface area contributed by atoms with Crippen molar-refractivity contribution in [2.75, 3.05) is 14.1 Å². The van der Waals surface area contributed by atoms with Crippen LogP contribution in [-0.2, 0) is 23.2 Å². The second-order valence-electron chi connectivity index (χ2n) is 6.91. The lowest BCUT2D eigenvalue weighted by Gasteiger charge is -2.12. The molecule has 160 valence electrons. The predicted octanol–water partition coefficient (Wildman–Crippen LogP) is 3.03. The Labute approximate surface area is 180 Å². The van der Waals surface area contributed by atoms with Crippen molar-refractivity contribution in [3.63, 3.8) is 0 Å². The van der Waals surface area contributed by atoms with E-state index in [1.165, 1.54) is 20.2 Å². The van der Waals surface area contributed by atoms with Gasteiger partial charge in [-0.1, -0.05) is 18.5 Å². The first-order chi connectivity index (χ1) is 14.1. The molecule has 3 aromatic rings. The van der Waals surface area contributed by atoms with Gasteiger partial charge in [0.25, 0.3) is 5.91 Å². The molecule has 0 radical (unpaired) electrons. The molecule has 1 aromatic heterocycles. The number of amides is 1. The number of primary amides is 1. The molecular formula is C20H23ClN4O4S. The fourth-order valence-electron chi connectivity index (χ4n) is 3.08. The maximum atomic E-state index is 12.4. The lowest BCUT2D eigenvalue weighted by molar-refractivity contribution is 0.0995. The summed E-state index contributed by atoms with van der Waals surface area (Å²) in [5.41, 5.74) is 6.95. The van der Waals surface area contributed by atoms with E-state index < -0.39 is 15.9 Å². The summed E-state index contributed by atoms with van der Waals surface area (Å²) in [5, 5.41) is 0.379. The van der Waals surface area contributed by atoms with Gasteiger partial charge in [0.2, 0.25) is 10.0 Å². The maximum Gasteiger partial charge on any atom is 0.252 e. The predicted molar refractivity (Wildman–Crippen MR) is 115 cm³/mol. The molecule has 0 bridgehead atoms. The fraction of sp³-hybridized carbons (Fsp3) is 0.300. The third-order valence-electron chi connectivity index (χ3n) is 4.59. The molecule has 2 N–H and O–H groups in total. The molecule has 10 heteroatoms. The number of sulfonamides is 1. The maximum absolute atomic E-state index is 12.4. The van der Waals surface area contributed by atoms with Crippen LogP contribution in [-0.4, -0.2) is 42.3 Å². The van der Waals surface area contributed by atoms with Gasteiger partial charge >= 0.3 is 0 Å². The molecule has 0 aliphatic rings. The zero-order valence-corrected chi connectivity index (χ0v) is 18.5. The molecule has 1 amide bonds. The smallest absolute Gasteiger partial charge is 0.252 e. The van der Waals surface area contributed by atoms with Gasteiger partial charge in [0.15, 0.2) is 0 Å². The van der Waals surface area contributed by atoms with Crippen LogP contribution in [0.1, 0.15) is 29.5 Å². The van der Waals surface area contributed by atoms with Crippen LogP contribution in [0.25, 0.3) is 11.0 Å². The van der Waals surface area contributed by atoms with Crippen LogP contribution in [0, 0.1) is 0 Å². The summed E-state index contributed by atoms with van der Waals surface area (Å²) >= 11 is 5.94. The minimum absolute atomic E-state index is 0.0758. The van der Waals surface area contributed by atoms with Gasteiger partial charge in [-0.15, -0.1) is 0 Å². The number of imidazole rings is 1. The van der Waals surface area contributed by atoms with Crippen LogP contribution in [0.4, 0.5) is 0 Å². The number of benzene rings is 2. The number of fused-ring (bicyclic) bond motifs is 1. The number of nitrogens with zero attached hydrogens (tertiary/aromatic N) is 3. The van der Waals surface area contributed by atoms with Crippen molar-refractivity contribution in [2.24, 2.45) is 5.73 Å². The summed E-state index contributed by atoms with van der Waals surface area (Å²) in [7, 11) is -0.604. The molecule has 0 saturated carbocycles. The summed E-state index contributed by atoms with van der Waals surface area (Å²) in [6.45, 7) is 2.79. The zero-order chi connectivity index (χ0) is 22.1. The molecule has 0 aliphatic carbocycles. The van der Waals surface area contributed by atoms with Gasteiger partial charge in [0.05, 0.1) is 21.5 Å². The van der Waals surface area contributed by atoms with E-state index in [4.69, 9.17) is 22.1 Å². The molecule has 0 aliphatic heterocycles. The second-order valence-corrected chi connectivity index (χ2v) is 9.50. The molecule has 2 aromatic carbocycles. The van der Waals surface area contributed by atoms with E-state index in [1.807, 2.05) is 11.5 Å². The minimum atomic E-state index is -3.57. The highest BCUT2D eigenvalue weighted by Crippen LogP contribution is 2.26. The molecule has 8 nitrogen and oxygen atoms in total. The van der Waals surface area contributed by atoms with E-state index in [0.29, 0.717) is 28.7 Å². The van der Waals surface area contributed by atoms with E-state index >= 15 is 0 Å². The van der Waals surface area contributed by atoms with Crippen molar-refractivity contribution in [2.45, 2.75) is 31.4 Å². The van der Waals surface area contributed by atoms with Crippen molar-refractivity contribution in [1.29, 1.82) is 0 Å². The van der Waals surface area contributed by atoms with E-state index in [0.717, 1.165) is 16.2 Å². The number of ether oxygens (including phenoxy) is 1. The summed E-state index contributed by atoms with van der Waals surface area (Å²) in [4.78, 5) is 16.4. The Morgan fingerprint density at radius 3 is 2.60 bits per heavy atom. The monoisotopic (exact) mass is 450 g/mol. The van der Waals surface area contributed by atoms with Gasteiger partial charge in [-0.05, 0) is 42.8 Å². The first-order valence-electron chi connectivity index (χ1n) is 9.29. The van der Waals surface area contributed by atoms with Gasteiger partial charge < -0.3 is 15.0 Å². The van der Waals surface area contributed by atoms with Crippen molar-refractivity contribution in [3.05, 3.63) is 52.8 Å². The van der Waals surface area contributed by atoms with E-state index in [1.54, 1.807) is 30.3 Å². The average Bonchev–Trinajstić information content (AvgIpc) is 3.03. The van der Waals surface area contributed by atoms with E-state index in [9.17, 15) is 13.2 Å². The van der Waals surface area contributed by atoms with E-state index in [-0.39, 0.29) is 17.1 Å². The summed E-state index contributed by atoms with van der Waals surface area (Å²) in [6, 6.07) is 9.51. The van der Waals surface area contributed by atoms with Crippen molar-refractivity contribution >= 4 is 38.6 Å². The molecule has 0 atom stereocenters. The third kappa shape index (κ3) is 4.28. The molecule has 0 spiro atoms. The SMILES string of the molecule is CCCn1c(COc2ccc(Cl)cc2C(N)=O)nc2cc(S(=O)(=O)N(C)C)ccc21. The second kappa shape index (κ2) is 8.63. The number of aryl methyl sites for hydroxylation is 1. The van der Waals surface area contributed by atoms with Gasteiger partial charge in [-0.3, -0.25) is 4.79 Å². The van der Waals surface area contributed by atoms with Gasteiger partial charge in [-0.2, -0.15) is 0 Å². The van der Waals surface area contributed by atoms with Crippen LogP contribution in [0.15, 0.2) is 41.3 Å². The standard InChI is InChI=1S/C20H23ClN4O4S/c1-4-9-25-17-7-6-14(30(27,28)24(2)3)11-16(17)23-19(25)12-29-18-8-5-13(21)10-15(18)20(22)26/h5-8,10-11H,4,9,12H2,1-3H3,(H2,22,26). The Hall–Kier alpha value is -2.62. The Kier molecular flexibility index (Phi) is 6.35. The normalized spacial score (nSPS) is 11.9. The fourth-order valence-corrected chi connectivity index (χ4v) is 4.17. The Balaban J connectivity index is 1.99. The van der Waals surface area contributed by atoms with Crippen LogP contribution in [0.2, 0.25) is 5.02 Å². The first-order valence-corrected chi connectivity index (χ1v) is 11.1. The lowest BCUT2D eigenvalue weighted by atomic mass is 10.2. The molecule has 1 heterocycles. The summed E-state index contributed by atoms with van der Waals surface area (Å²) in [5.74, 6) is 0.266. The highest BCUT2D eigenvalue weighted by atomic mass is 35.5. The van der Waals surface area contributed by atoms with Gasteiger partial charge in [0, 0.05) is 25.7 Å². The Morgan fingerprint density at radius 1 is 1.23 bits per heavy atom. The van der Waals surface area contributed by atoms with Crippen LogP contribution in [0.3, 0.4) is 0 Å². The number of hydrogen-bond acceptors (Lipinski definition) is 5. The number of nitrogens with two attached hydrogens (primary N) is 1. The minimum Gasteiger partial charge on any atom is -0.485 e. The zero-order valence-electron chi connectivity index (χ0n) is 16.9. The molecule has 0 fully saturated rings. The number of halogens is 1. The molecule has 3 rings (SSSR count). The molecule has 0 saturated heterocycles. The summed E-state index contributed by atoms with van der Waals surface area (Å²) < 4.78 is 33.8. The van der Waals surface area contributed by atoms with Gasteiger partial charge in [0.1, 0.15) is 18.2 Å². The highest BCUT2D eigenvalue weighted by Gasteiger charge is 2.20. The Morgan fingerprint density at radius 2 is 1.97 bits per heavy atom. The Bertz CT molecular complexity index is 1200. The van der Waals surface area contributed by atoms with Crippen molar-refractivity contribution in [3.8, 4) is 5.75 Å². The number of carbonyl (C=O) groups is 1. The summed E-state index contributed by atoms with van der Waals surface area (Å²) in [6.07, 6.45) is 0.851. The average molecular weight is 451 g/mol. The van der Waals surface area contributed by atoms with Crippen LogP contribution in [0.5, 0.6) is 5.75 Å². The number of hydrogen-bond donors (Lipinski definition) is 1. The molecule has 30 heavy (non-hydrogen) atoms.